The number of hydrogen-bond acceptors (Lipinski definition) is 5. The Kier molecular flexibility index (Phi) is 2.56. The lowest BCUT2D eigenvalue weighted by molar-refractivity contribution is 0.0270. The lowest BCUT2D eigenvalue weighted by Crippen LogP contribution is -2.17. The van der Waals surface area contributed by atoms with E-state index in [1.165, 1.54) is 11.3 Å². The predicted molar refractivity (Wildman–Crippen MR) is 46.8 cm³/mol. The molecule has 0 amide bonds. The highest BCUT2D eigenvalue weighted by molar-refractivity contribution is 7.11. The summed E-state index contributed by atoms with van der Waals surface area (Å²) in [6.45, 7) is 1.19. The SMILES string of the molecule is O=C(O[C@@H]1CCOC1)c1nccs1. The predicted octanol–water partition coefficient (Wildman–Crippen LogP) is 1.09. The molecule has 1 saturated heterocycles. The molecule has 5 heteroatoms. The Hall–Kier alpha value is -0.940. The van der Waals surface area contributed by atoms with Crippen molar-refractivity contribution in [2.45, 2.75) is 12.5 Å². The first-order chi connectivity index (χ1) is 6.36. The fraction of sp³-hybridized carbons (Fsp3) is 0.500. The van der Waals surface area contributed by atoms with Crippen molar-refractivity contribution in [2.24, 2.45) is 0 Å². The van der Waals surface area contributed by atoms with E-state index in [1.54, 1.807) is 11.6 Å². The third-order valence-electron chi connectivity index (χ3n) is 1.77. The van der Waals surface area contributed by atoms with Gasteiger partial charge in [-0.2, -0.15) is 0 Å². The van der Waals surface area contributed by atoms with Crippen molar-refractivity contribution in [3.8, 4) is 0 Å². The van der Waals surface area contributed by atoms with Crippen LogP contribution >= 0.6 is 11.3 Å². The molecule has 2 heterocycles. The largest absolute Gasteiger partial charge is 0.454 e. The summed E-state index contributed by atoms with van der Waals surface area (Å²) < 4.78 is 10.2. The molecule has 1 aliphatic heterocycles. The van der Waals surface area contributed by atoms with Gasteiger partial charge in [0.05, 0.1) is 13.2 Å². The average molecular weight is 199 g/mol. The van der Waals surface area contributed by atoms with Crippen LogP contribution in [0, 0.1) is 0 Å². The van der Waals surface area contributed by atoms with Crippen molar-refractivity contribution in [3.63, 3.8) is 0 Å². The van der Waals surface area contributed by atoms with Gasteiger partial charge in [0.15, 0.2) is 0 Å². The summed E-state index contributed by atoms with van der Waals surface area (Å²) in [5, 5.41) is 2.16. The van der Waals surface area contributed by atoms with Gasteiger partial charge in [-0.05, 0) is 0 Å². The monoisotopic (exact) mass is 199 g/mol. The maximum absolute atomic E-state index is 11.3. The van der Waals surface area contributed by atoms with Gasteiger partial charge in [0.2, 0.25) is 5.01 Å². The fourth-order valence-electron chi connectivity index (χ4n) is 1.13. The quantitative estimate of drug-likeness (QED) is 0.669. The van der Waals surface area contributed by atoms with Crippen LogP contribution in [0.25, 0.3) is 0 Å². The third-order valence-corrected chi connectivity index (χ3v) is 2.52. The molecule has 0 unspecified atom stereocenters. The molecular formula is C8H9NO3S. The molecule has 1 atom stereocenters. The fourth-order valence-corrected chi connectivity index (χ4v) is 1.65. The van der Waals surface area contributed by atoms with Crippen molar-refractivity contribution in [2.75, 3.05) is 13.2 Å². The summed E-state index contributed by atoms with van der Waals surface area (Å²) in [5.74, 6) is -0.342. The normalized spacial score (nSPS) is 21.7. The standard InChI is InChI=1S/C8H9NO3S/c10-8(7-9-2-4-13-7)12-6-1-3-11-5-6/h2,4,6H,1,3,5H2/t6-/m1/s1. The summed E-state index contributed by atoms with van der Waals surface area (Å²) in [7, 11) is 0. The van der Waals surface area contributed by atoms with Gasteiger partial charge in [-0.15, -0.1) is 11.3 Å². The zero-order valence-electron chi connectivity index (χ0n) is 6.93. The molecule has 1 aliphatic rings. The number of aromatic nitrogens is 1. The summed E-state index contributed by atoms with van der Waals surface area (Å²) in [4.78, 5) is 15.2. The minimum atomic E-state index is -0.342. The molecular weight excluding hydrogens is 190 g/mol. The van der Waals surface area contributed by atoms with E-state index >= 15 is 0 Å². The molecule has 1 aromatic rings. The van der Waals surface area contributed by atoms with Crippen molar-refractivity contribution >= 4 is 17.3 Å². The average Bonchev–Trinajstić information content (AvgIpc) is 2.74. The van der Waals surface area contributed by atoms with Crippen molar-refractivity contribution in [3.05, 3.63) is 16.6 Å². The molecule has 0 aromatic carbocycles. The summed E-state index contributed by atoms with van der Waals surface area (Å²) in [6, 6.07) is 0. The van der Waals surface area contributed by atoms with Gasteiger partial charge in [0.25, 0.3) is 0 Å². The number of rotatable bonds is 2. The number of thiazole rings is 1. The summed E-state index contributed by atoms with van der Waals surface area (Å²) in [5.41, 5.74) is 0. The zero-order chi connectivity index (χ0) is 9.10. The highest BCUT2D eigenvalue weighted by Crippen LogP contribution is 2.12. The van der Waals surface area contributed by atoms with Crippen LogP contribution in [0.3, 0.4) is 0 Å². The highest BCUT2D eigenvalue weighted by Gasteiger charge is 2.21. The van der Waals surface area contributed by atoms with Crippen LogP contribution in [0.5, 0.6) is 0 Å². The van der Waals surface area contributed by atoms with Gasteiger partial charge < -0.3 is 9.47 Å². The Bertz CT molecular complexity index is 280. The maximum atomic E-state index is 11.3. The highest BCUT2D eigenvalue weighted by atomic mass is 32.1. The molecule has 4 nitrogen and oxygen atoms in total. The number of nitrogens with zero attached hydrogens (tertiary/aromatic N) is 1. The molecule has 0 bridgehead atoms. The smallest absolute Gasteiger partial charge is 0.367 e. The van der Waals surface area contributed by atoms with Gasteiger partial charge in [-0.1, -0.05) is 0 Å². The molecule has 1 aromatic heterocycles. The van der Waals surface area contributed by atoms with Crippen LogP contribution in [0.4, 0.5) is 0 Å². The van der Waals surface area contributed by atoms with E-state index in [2.05, 4.69) is 4.98 Å². The second-order valence-corrected chi connectivity index (χ2v) is 3.62. The first kappa shape index (κ1) is 8.65. The van der Waals surface area contributed by atoms with Crippen LogP contribution in [0.2, 0.25) is 0 Å². The second-order valence-electron chi connectivity index (χ2n) is 2.73. The van der Waals surface area contributed by atoms with Gasteiger partial charge in [-0.25, -0.2) is 9.78 Å². The molecule has 0 aliphatic carbocycles. The Morgan fingerprint density at radius 1 is 1.77 bits per heavy atom. The first-order valence-corrected chi connectivity index (χ1v) is 4.92. The molecule has 0 spiro atoms. The topological polar surface area (TPSA) is 48.4 Å². The maximum Gasteiger partial charge on any atom is 0.367 e. The van der Waals surface area contributed by atoms with Gasteiger partial charge in [0, 0.05) is 18.0 Å². The van der Waals surface area contributed by atoms with E-state index in [1.807, 2.05) is 0 Å². The molecule has 0 radical (unpaired) electrons. The van der Waals surface area contributed by atoms with Crippen LogP contribution in [0.1, 0.15) is 16.2 Å². The van der Waals surface area contributed by atoms with E-state index in [9.17, 15) is 4.79 Å². The summed E-state index contributed by atoms with van der Waals surface area (Å²) in [6.07, 6.45) is 2.29. The van der Waals surface area contributed by atoms with Crippen LogP contribution in [-0.4, -0.2) is 30.3 Å². The van der Waals surface area contributed by atoms with Crippen molar-refractivity contribution in [1.29, 1.82) is 0 Å². The molecule has 13 heavy (non-hydrogen) atoms. The van der Waals surface area contributed by atoms with Gasteiger partial charge in [-0.3, -0.25) is 0 Å². The van der Waals surface area contributed by atoms with E-state index in [4.69, 9.17) is 9.47 Å². The van der Waals surface area contributed by atoms with E-state index in [-0.39, 0.29) is 12.1 Å². The third kappa shape index (κ3) is 2.05. The zero-order valence-corrected chi connectivity index (χ0v) is 7.75. The Labute approximate surface area is 79.5 Å². The first-order valence-electron chi connectivity index (χ1n) is 4.04. The van der Waals surface area contributed by atoms with Crippen LogP contribution in [0.15, 0.2) is 11.6 Å². The van der Waals surface area contributed by atoms with Gasteiger partial charge in [0.1, 0.15) is 6.10 Å². The molecule has 2 rings (SSSR count). The van der Waals surface area contributed by atoms with Crippen LogP contribution < -0.4 is 0 Å². The van der Waals surface area contributed by atoms with Crippen LogP contribution in [-0.2, 0) is 9.47 Å². The molecule has 0 N–H and O–H groups in total. The lowest BCUT2D eigenvalue weighted by Gasteiger charge is -2.07. The number of carbonyl (C=O) groups is 1. The summed E-state index contributed by atoms with van der Waals surface area (Å²) >= 11 is 1.29. The Balaban J connectivity index is 1.91. The minimum Gasteiger partial charge on any atom is -0.454 e. The number of carbonyl (C=O) groups excluding carboxylic acids is 1. The number of ether oxygens (including phenoxy) is 2. The molecule has 0 saturated carbocycles. The van der Waals surface area contributed by atoms with Crippen molar-refractivity contribution in [1.82, 2.24) is 4.98 Å². The van der Waals surface area contributed by atoms with Gasteiger partial charge >= 0.3 is 5.97 Å². The van der Waals surface area contributed by atoms with E-state index < -0.39 is 0 Å². The molecule has 1 fully saturated rings. The molecule has 70 valence electrons. The van der Waals surface area contributed by atoms with Crippen molar-refractivity contribution < 1.29 is 14.3 Å². The number of esters is 1. The van der Waals surface area contributed by atoms with E-state index in [0.717, 1.165) is 6.42 Å². The second kappa shape index (κ2) is 3.85. The minimum absolute atomic E-state index is 0.0867. The van der Waals surface area contributed by atoms with E-state index in [0.29, 0.717) is 18.2 Å². The Morgan fingerprint density at radius 2 is 2.69 bits per heavy atom. The lowest BCUT2D eigenvalue weighted by atomic mass is 10.3. The number of hydrogen-bond donors (Lipinski definition) is 0. The Morgan fingerprint density at radius 3 is 3.31 bits per heavy atom.